The van der Waals surface area contributed by atoms with Gasteiger partial charge in [-0.05, 0) is 23.6 Å². The van der Waals surface area contributed by atoms with E-state index in [1.54, 1.807) is 0 Å². The molecule has 0 saturated carbocycles. The highest BCUT2D eigenvalue weighted by molar-refractivity contribution is 5.99. The molecule has 94 valence electrons. The third-order valence-corrected chi connectivity index (χ3v) is 3.35. The molecule has 1 heterocycles. The van der Waals surface area contributed by atoms with E-state index in [1.807, 2.05) is 42.5 Å². The second-order valence-corrected chi connectivity index (χ2v) is 4.66. The highest BCUT2D eigenvalue weighted by atomic mass is 16.2. The summed E-state index contributed by atoms with van der Waals surface area (Å²) in [6.45, 7) is 0. The number of fused-ring (bicyclic) bond motifs is 1. The van der Waals surface area contributed by atoms with Crippen LogP contribution >= 0.6 is 0 Å². The minimum atomic E-state index is 0.00686. The molecule has 1 aliphatic rings. The van der Waals surface area contributed by atoms with E-state index in [9.17, 15) is 4.79 Å². The molecule has 2 aromatic rings. The second kappa shape index (κ2) is 5.11. The number of hydrogen-bond donors (Lipinski definition) is 1. The zero-order valence-electron chi connectivity index (χ0n) is 10.5. The van der Waals surface area contributed by atoms with Gasteiger partial charge in [-0.3, -0.25) is 4.79 Å². The zero-order valence-corrected chi connectivity index (χ0v) is 10.5. The number of nitrogens with one attached hydrogen (secondary N) is 1. The van der Waals surface area contributed by atoms with Gasteiger partial charge >= 0.3 is 0 Å². The molecular weight excluding hydrogens is 234 g/mol. The van der Waals surface area contributed by atoms with E-state index >= 15 is 0 Å². The molecule has 0 saturated heterocycles. The van der Waals surface area contributed by atoms with Crippen LogP contribution in [0.25, 0.3) is 0 Å². The molecule has 0 fully saturated rings. The van der Waals surface area contributed by atoms with Gasteiger partial charge in [0.25, 0.3) is 5.91 Å². The number of allylic oxidation sites excluding steroid dienone is 1. The van der Waals surface area contributed by atoms with Crippen molar-refractivity contribution in [1.29, 1.82) is 0 Å². The van der Waals surface area contributed by atoms with Crippen LogP contribution in [0.1, 0.15) is 27.5 Å². The minimum absolute atomic E-state index is 0.00686. The van der Waals surface area contributed by atoms with E-state index in [0.29, 0.717) is 0 Å². The Bertz CT molecular complexity index is 616. The number of carbonyl (C=O) groups excluding carboxylic acids is 1. The second-order valence-electron chi connectivity index (χ2n) is 4.66. The normalized spacial score (nSPS) is 17.5. The third kappa shape index (κ3) is 2.43. The fraction of sp³-hybridized carbons (Fsp3) is 0.118. The molecule has 19 heavy (non-hydrogen) atoms. The lowest BCUT2D eigenvalue weighted by molar-refractivity contribution is 0.0961. The topological polar surface area (TPSA) is 29.1 Å². The van der Waals surface area contributed by atoms with E-state index in [-0.39, 0.29) is 11.9 Å². The monoisotopic (exact) mass is 249 g/mol. The van der Waals surface area contributed by atoms with Crippen LogP contribution in [0.2, 0.25) is 0 Å². The van der Waals surface area contributed by atoms with E-state index in [2.05, 4.69) is 29.6 Å². The molecule has 0 spiro atoms. The molecule has 1 atom stereocenters. The SMILES string of the molecule is O=C1NC(C=CCc2ccccc2)c2ccccc21. The summed E-state index contributed by atoms with van der Waals surface area (Å²) in [6, 6.07) is 18.0. The van der Waals surface area contributed by atoms with Gasteiger partial charge in [-0.2, -0.15) is 0 Å². The van der Waals surface area contributed by atoms with Crippen LogP contribution in [0.4, 0.5) is 0 Å². The van der Waals surface area contributed by atoms with Crippen LogP contribution < -0.4 is 5.32 Å². The first-order valence-electron chi connectivity index (χ1n) is 6.45. The molecular formula is C17H15NO. The fourth-order valence-electron chi connectivity index (χ4n) is 2.38. The summed E-state index contributed by atoms with van der Waals surface area (Å²) in [7, 11) is 0. The highest BCUT2D eigenvalue weighted by Crippen LogP contribution is 2.25. The Labute approximate surface area is 112 Å². The van der Waals surface area contributed by atoms with Crippen LogP contribution in [0, 0.1) is 0 Å². The van der Waals surface area contributed by atoms with Gasteiger partial charge in [0, 0.05) is 5.56 Å². The Morgan fingerprint density at radius 1 is 1.00 bits per heavy atom. The number of amides is 1. The van der Waals surface area contributed by atoms with Gasteiger partial charge in [0.05, 0.1) is 6.04 Å². The molecule has 0 radical (unpaired) electrons. The number of benzene rings is 2. The van der Waals surface area contributed by atoms with Crippen molar-refractivity contribution in [3.05, 3.63) is 83.4 Å². The summed E-state index contributed by atoms with van der Waals surface area (Å²) in [5.41, 5.74) is 3.13. The molecule has 1 aliphatic heterocycles. The number of rotatable bonds is 3. The first-order valence-corrected chi connectivity index (χ1v) is 6.45. The molecule has 1 N–H and O–H groups in total. The van der Waals surface area contributed by atoms with Crippen molar-refractivity contribution in [3.8, 4) is 0 Å². The molecule has 2 heteroatoms. The van der Waals surface area contributed by atoms with Gasteiger partial charge in [-0.25, -0.2) is 0 Å². The van der Waals surface area contributed by atoms with Gasteiger partial charge in [-0.1, -0.05) is 60.7 Å². The molecule has 0 bridgehead atoms. The quantitative estimate of drug-likeness (QED) is 0.831. The van der Waals surface area contributed by atoms with E-state index in [1.165, 1.54) is 5.56 Å². The lowest BCUT2D eigenvalue weighted by atomic mass is 10.0. The van der Waals surface area contributed by atoms with Crippen molar-refractivity contribution < 1.29 is 4.79 Å². The summed E-state index contributed by atoms with van der Waals surface area (Å²) in [5, 5.41) is 2.98. The summed E-state index contributed by atoms with van der Waals surface area (Å²) in [4.78, 5) is 11.8. The van der Waals surface area contributed by atoms with Crippen LogP contribution in [0.15, 0.2) is 66.7 Å². The summed E-state index contributed by atoms with van der Waals surface area (Å²) in [6.07, 6.45) is 5.06. The van der Waals surface area contributed by atoms with Gasteiger partial charge in [0.15, 0.2) is 0 Å². The largest absolute Gasteiger partial charge is 0.342 e. The Morgan fingerprint density at radius 3 is 2.58 bits per heavy atom. The molecule has 0 aliphatic carbocycles. The van der Waals surface area contributed by atoms with Crippen molar-refractivity contribution in [1.82, 2.24) is 5.32 Å². The molecule has 1 unspecified atom stereocenters. The Morgan fingerprint density at radius 2 is 1.74 bits per heavy atom. The van der Waals surface area contributed by atoms with Crippen LogP contribution in [0.5, 0.6) is 0 Å². The van der Waals surface area contributed by atoms with Gasteiger partial charge < -0.3 is 5.32 Å². The molecule has 1 amide bonds. The average molecular weight is 249 g/mol. The Hall–Kier alpha value is -2.35. The maximum absolute atomic E-state index is 11.8. The van der Waals surface area contributed by atoms with Gasteiger partial charge in [0.1, 0.15) is 0 Å². The number of hydrogen-bond acceptors (Lipinski definition) is 1. The van der Waals surface area contributed by atoms with Crippen molar-refractivity contribution in [2.75, 3.05) is 0 Å². The third-order valence-electron chi connectivity index (χ3n) is 3.35. The zero-order chi connectivity index (χ0) is 13.1. The number of carbonyl (C=O) groups is 1. The van der Waals surface area contributed by atoms with E-state index in [0.717, 1.165) is 17.5 Å². The lowest BCUT2D eigenvalue weighted by Crippen LogP contribution is -2.17. The fourth-order valence-corrected chi connectivity index (χ4v) is 2.38. The smallest absolute Gasteiger partial charge is 0.252 e. The van der Waals surface area contributed by atoms with E-state index in [4.69, 9.17) is 0 Å². The summed E-state index contributed by atoms with van der Waals surface area (Å²) < 4.78 is 0. The summed E-state index contributed by atoms with van der Waals surface area (Å²) in [5.74, 6) is 0.0185. The van der Waals surface area contributed by atoms with Crippen LogP contribution in [-0.4, -0.2) is 5.91 Å². The van der Waals surface area contributed by atoms with Crippen LogP contribution in [0.3, 0.4) is 0 Å². The van der Waals surface area contributed by atoms with Crippen molar-refractivity contribution >= 4 is 5.91 Å². The molecule has 2 aromatic carbocycles. The molecule has 2 nitrogen and oxygen atoms in total. The predicted octanol–water partition coefficient (Wildman–Crippen LogP) is 3.27. The van der Waals surface area contributed by atoms with Crippen molar-refractivity contribution in [3.63, 3.8) is 0 Å². The first kappa shape index (κ1) is 11.7. The summed E-state index contributed by atoms with van der Waals surface area (Å²) >= 11 is 0. The van der Waals surface area contributed by atoms with Crippen molar-refractivity contribution in [2.45, 2.75) is 12.5 Å². The van der Waals surface area contributed by atoms with Crippen molar-refractivity contribution in [2.24, 2.45) is 0 Å². The minimum Gasteiger partial charge on any atom is -0.342 e. The van der Waals surface area contributed by atoms with Crippen LogP contribution in [-0.2, 0) is 6.42 Å². The molecule has 0 aromatic heterocycles. The molecule has 3 rings (SSSR count). The maximum atomic E-state index is 11.8. The van der Waals surface area contributed by atoms with E-state index < -0.39 is 0 Å². The van der Waals surface area contributed by atoms with Gasteiger partial charge in [-0.15, -0.1) is 0 Å². The standard InChI is InChI=1S/C17H15NO/c19-17-15-11-5-4-10-14(15)16(18-17)12-6-9-13-7-2-1-3-8-13/h1-8,10-12,16H,9H2,(H,18,19). The average Bonchev–Trinajstić information content (AvgIpc) is 2.78. The first-order chi connectivity index (χ1) is 9.34. The Balaban J connectivity index is 1.73. The lowest BCUT2D eigenvalue weighted by Gasteiger charge is -2.05. The van der Waals surface area contributed by atoms with Gasteiger partial charge in [0.2, 0.25) is 0 Å². The maximum Gasteiger partial charge on any atom is 0.252 e. The predicted molar refractivity (Wildman–Crippen MR) is 75.9 cm³/mol. The Kier molecular flexibility index (Phi) is 3.15. The highest BCUT2D eigenvalue weighted by Gasteiger charge is 2.25.